The van der Waals surface area contributed by atoms with Crippen LogP contribution in [0.15, 0.2) is 0 Å². The molecule has 0 bridgehead atoms. The zero-order valence-electron chi connectivity index (χ0n) is 7.55. The van der Waals surface area contributed by atoms with E-state index in [0.29, 0.717) is 11.3 Å². The van der Waals surface area contributed by atoms with E-state index in [4.69, 9.17) is 0 Å². The number of aldehydes is 1. The summed E-state index contributed by atoms with van der Waals surface area (Å²) in [5.41, 5.74) is 0.488. The van der Waals surface area contributed by atoms with Crippen LogP contribution in [0, 0.1) is 22.7 Å². The molecule has 0 heterocycles. The van der Waals surface area contributed by atoms with Crippen LogP contribution in [0.4, 0.5) is 0 Å². The Morgan fingerprint density at radius 2 is 2.00 bits per heavy atom. The molecule has 0 spiro atoms. The fourth-order valence-electron chi connectivity index (χ4n) is 3.35. The SMILES string of the molecule is CC1(C)[C@@H]2CC[C@](C)(C=O)[C@@H]21. The Labute approximate surface area is 68.2 Å². The lowest BCUT2D eigenvalue weighted by atomic mass is 9.81. The van der Waals surface area contributed by atoms with E-state index in [9.17, 15) is 4.79 Å². The molecule has 3 atom stereocenters. The van der Waals surface area contributed by atoms with E-state index in [2.05, 4.69) is 20.8 Å². The van der Waals surface area contributed by atoms with Gasteiger partial charge in [0, 0.05) is 5.41 Å². The molecule has 11 heavy (non-hydrogen) atoms. The van der Waals surface area contributed by atoms with Gasteiger partial charge < -0.3 is 4.79 Å². The van der Waals surface area contributed by atoms with Gasteiger partial charge in [0.15, 0.2) is 0 Å². The number of carbonyl (C=O) groups is 1. The fourth-order valence-corrected chi connectivity index (χ4v) is 3.35. The van der Waals surface area contributed by atoms with Crippen molar-refractivity contribution in [2.24, 2.45) is 22.7 Å². The number of hydrogen-bond acceptors (Lipinski definition) is 1. The van der Waals surface area contributed by atoms with Crippen molar-refractivity contribution in [3.8, 4) is 0 Å². The van der Waals surface area contributed by atoms with Crippen LogP contribution in [0.25, 0.3) is 0 Å². The number of carbonyl (C=O) groups excluding carboxylic acids is 1. The summed E-state index contributed by atoms with van der Waals surface area (Å²) in [6, 6.07) is 0. The van der Waals surface area contributed by atoms with Crippen LogP contribution in [-0.4, -0.2) is 6.29 Å². The predicted molar refractivity (Wildman–Crippen MR) is 44.2 cm³/mol. The van der Waals surface area contributed by atoms with Gasteiger partial charge in [-0.15, -0.1) is 0 Å². The van der Waals surface area contributed by atoms with E-state index >= 15 is 0 Å². The van der Waals surface area contributed by atoms with Crippen molar-refractivity contribution < 1.29 is 4.79 Å². The Bertz CT molecular complexity index is 207. The third-order valence-corrected chi connectivity index (χ3v) is 4.02. The summed E-state index contributed by atoms with van der Waals surface area (Å²) in [5.74, 6) is 1.53. The zero-order valence-corrected chi connectivity index (χ0v) is 7.55. The van der Waals surface area contributed by atoms with Gasteiger partial charge in [-0.05, 0) is 30.1 Å². The molecule has 2 aliphatic rings. The summed E-state index contributed by atoms with van der Waals surface area (Å²) >= 11 is 0. The molecule has 0 aromatic rings. The molecule has 62 valence electrons. The first-order valence-electron chi connectivity index (χ1n) is 4.49. The lowest BCUT2D eigenvalue weighted by Crippen LogP contribution is -2.21. The summed E-state index contributed by atoms with van der Waals surface area (Å²) in [7, 11) is 0. The molecular formula is C10H16O. The molecule has 2 rings (SSSR count). The highest BCUT2D eigenvalue weighted by atomic mass is 16.1. The Morgan fingerprint density at radius 3 is 2.27 bits per heavy atom. The normalized spacial score (nSPS) is 51.9. The quantitative estimate of drug-likeness (QED) is 0.527. The van der Waals surface area contributed by atoms with E-state index < -0.39 is 0 Å². The molecule has 0 amide bonds. The maximum absolute atomic E-state index is 10.9. The highest BCUT2D eigenvalue weighted by Crippen LogP contribution is 2.72. The molecule has 0 aromatic carbocycles. The van der Waals surface area contributed by atoms with Crippen LogP contribution in [0.2, 0.25) is 0 Å². The number of fused-ring (bicyclic) bond motifs is 1. The van der Waals surface area contributed by atoms with Crippen molar-refractivity contribution in [3.05, 3.63) is 0 Å². The molecule has 0 N–H and O–H groups in total. The van der Waals surface area contributed by atoms with E-state index in [1.807, 2.05) is 0 Å². The summed E-state index contributed by atoms with van der Waals surface area (Å²) in [6.07, 6.45) is 3.58. The standard InChI is InChI=1S/C10H16O/c1-9(2)7-4-5-10(3,6-11)8(7)9/h6-8H,4-5H2,1-3H3/t7-,8+,10-/m1/s1. The summed E-state index contributed by atoms with van der Waals surface area (Å²) in [6.45, 7) is 6.71. The second-order valence-electron chi connectivity index (χ2n) is 5.07. The van der Waals surface area contributed by atoms with Crippen molar-refractivity contribution in [2.75, 3.05) is 0 Å². The van der Waals surface area contributed by atoms with Crippen molar-refractivity contribution in [2.45, 2.75) is 33.6 Å². The average Bonchev–Trinajstić information content (AvgIpc) is 2.36. The van der Waals surface area contributed by atoms with E-state index in [-0.39, 0.29) is 5.41 Å². The number of rotatable bonds is 1. The highest BCUT2D eigenvalue weighted by molar-refractivity contribution is 5.62. The van der Waals surface area contributed by atoms with Crippen LogP contribution in [-0.2, 0) is 4.79 Å². The Balaban J connectivity index is 2.25. The van der Waals surface area contributed by atoms with Crippen molar-refractivity contribution in [1.82, 2.24) is 0 Å². The van der Waals surface area contributed by atoms with Crippen LogP contribution in [0.1, 0.15) is 33.6 Å². The molecule has 2 fully saturated rings. The molecule has 0 aliphatic heterocycles. The van der Waals surface area contributed by atoms with Crippen LogP contribution >= 0.6 is 0 Å². The first-order chi connectivity index (χ1) is 5.02. The van der Waals surface area contributed by atoms with Crippen molar-refractivity contribution in [1.29, 1.82) is 0 Å². The molecule has 1 heteroatoms. The van der Waals surface area contributed by atoms with E-state index in [1.165, 1.54) is 12.7 Å². The number of hydrogen-bond donors (Lipinski definition) is 0. The molecule has 2 saturated carbocycles. The van der Waals surface area contributed by atoms with Gasteiger partial charge in [0.2, 0.25) is 0 Å². The monoisotopic (exact) mass is 152 g/mol. The van der Waals surface area contributed by atoms with Crippen LogP contribution in [0.3, 0.4) is 0 Å². The minimum Gasteiger partial charge on any atom is -0.303 e. The molecule has 2 aliphatic carbocycles. The van der Waals surface area contributed by atoms with Gasteiger partial charge in [0.05, 0.1) is 0 Å². The third-order valence-electron chi connectivity index (χ3n) is 4.02. The Morgan fingerprint density at radius 1 is 1.36 bits per heavy atom. The fraction of sp³-hybridized carbons (Fsp3) is 0.900. The molecule has 1 nitrogen and oxygen atoms in total. The molecule has 0 unspecified atom stereocenters. The average molecular weight is 152 g/mol. The van der Waals surface area contributed by atoms with Gasteiger partial charge in [0.1, 0.15) is 6.29 Å². The van der Waals surface area contributed by atoms with Gasteiger partial charge in [-0.1, -0.05) is 20.8 Å². The first-order valence-corrected chi connectivity index (χ1v) is 4.49. The van der Waals surface area contributed by atoms with Crippen LogP contribution in [0.5, 0.6) is 0 Å². The minimum atomic E-state index is 0.0220. The van der Waals surface area contributed by atoms with E-state index in [1.54, 1.807) is 0 Å². The van der Waals surface area contributed by atoms with Gasteiger partial charge in [0.25, 0.3) is 0 Å². The molecule has 0 radical (unpaired) electrons. The largest absolute Gasteiger partial charge is 0.303 e. The predicted octanol–water partition coefficient (Wildman–Crippen LogP) is 2.26. The lowest BCUT2D eigenvalue weighted by molar-refractivity contribution is -0.116. The highest BCUT2D eigenvalue weighted by Gasteiger charge is 2.68. The van der Waals surface area contributed by atoms with Gasteiger partial charge >= 0.3 is 0 Å². The second-order valence-corrected chi connectivity index (χ2v) is 5.07. The smallest absolute Gasteiger partial charge is 0.126 e. The lowest BCUT2D eigenvalue weighted by Gasteiger charge is -2.22. The van der Waals surface area contributed by atoms with Gasteiger partial charge in [-0.3, -0.25) is 0 Å². The van der Waals surface area contributed by atoms with Gasteiger partial charge in [-0.25, -0.2) is 0 Å². The zero-order chi connectivity index (χ0) is 8.28. The molecular weight excluding hydrogens is 136 g/mol. The van der Waals surface area contributed by atoms with Crippen molar-refractivity contribution in [3.63, 3.8) is 0 Å². The minimum absolute atomic E-state index is 0.0220. The third kappa shape index (κ3) is 0.692. The molecule has 0 saturated heterocycles. The summed E-state index contributed by atoms with van der Waals surface area (Å²) < 4.78 is 0. The Hall–Kier alpha value is -0.330. The summed E-state index contributed by atoms with van der Waals surface area (Å²) in [5, 5.41) is 0. The second kappa shape index (κ2) is 1.70. The Kier molecular flexibility index (Phi) is 1.13. The maximum Gasteiger partial charge on any atom is 0.126 e. The van der Waals surface area contributed by atoms with E-state index in [0.717, 1.165) is 12.3 Å². The maximum atomic E-state index is 10.9. The van der Waals surface area contributed by atoms with Crippen molar-refractivity contribution >= 4 is 6.29 Å². The molecule has 0 aromatic heterocycles. The van der Waals surface area contributed by atoms with Gasteiger partial charge in [-0.2, -0.15) is 0 Å². The summed E-state index contributed by atoms with van der Waals surface area (Å²) in [4.78, 5) is 10.9. The topological polar surface area (TPSA) is 17.1 Å². The van der Waals surface area contributed by atoms with Crippen LogP contribution < -0.4 is 0 Å². The first kappa shape index (κ1) is 7.33.